The quantitative estimate of drug-likeness (QED) is 0.519. The summed E-state index contributed by atoms with van der Waals surface area (Å²) >= 11 is 0. The van der Waals surface area contributed by atoms with Crippen LogP contribution in [0, 0.1) is 0 Å². The van der Waals surface area contributed by atoms with Crippen LogP contribution in [0.15, 0.2) is 59.4 Å². The van der Waals surface area contributed by atoms with Crippen LogP contribution in [0.4, 0.5) is 0 Å². The summed E-state index contributed by atoms with van der Waals surface area (Å²) in [5.41, 5.74) is 2.14. The zero-order valence-corrected chi connectivity index (χ0v) is 13.9. The Morgan fingerprint density at radius 2 is 1.85 bits per heavy atom. The number of aromatic amines is 2. The lowest BCUT2D eigenvalue weighted by Gasteiger charge is -2.18. The van der Waals surface area contributed by atoms with Crippen LogP contribution in [-0.2, 0) is 7.05 Å². The first-order valence-electron chi connectivity index (χ1n) is 8.05. The summed E-state index contributed by atoms with van der Waals surface area (Å²) in [5.74, 6) is 0.114. The van der Waals surface area contributed by atoms with Crippen LogP contribution in [0.3, 0.4) is 0 Å². The molecule has 0 spiro atoms. The third-order valence-corrected chi connectivity index (χ3v) is 4.20. The average molecular weight is 348 g/mol. The number of H-pyrrole nitrogens is 2. The van der Waals surface area contributed by atoms with Gasteiger partial charge in [-0.25, -0.2) is 14.9 Å². The summed E-state index contributed by atoms with van der Waals surface area (Å²) in [6.45, 7) is 0. The fraction of sp³-hybridized carbons (Fsp3) is 0.111. The van der Waals surface area contributed by atoms with Gasteiger partial charge >= 0.3 is 5.69 Å². The SMILES string of the molecule is Cn1c(C(NC(=O)c2n[nH]c(=O)[nH]2)c2ccccc2)nc2ccccc21. The molecule has 2 aromatic carbocycles. The Balaban J connectivity index is 1.79. The Morgan fingerprint density at radius 1 is 1.12 bits per heavy atom. The number of rotatable bonds is 4. The van der Waals surface area contributed by atoms with Crippen LogP contribution in [-0.4, -0.2) is 30.6 Å². The Morgan fingerprint density at radius 3 is 2.54 bits per heavy atom. The van der Waals surface area contributed by atoms with Crippen molar-refractivity contribution in [2.45, 2.75) is 6.04 Å². The van der Waals surface area contributed by atoms with Crippen LogP contribution in [0.1, 0.15) is 28.0 Å². The molecular formula is C18H16N6O2. The Hall–Kier alpha value is -3.68. The van der Waals surface area contributed by atoms with E-state index in [9.17, 15) is 9.59 Å². The van der Waals surface area contributed by atoms with Crippen LogP contribution < -0.4 is 11.0 Å². The highest BCUT2D eigenvalue weighted by molar-refractivity contribution is 5.90. The molecule has 130 valence electrons. The van der Waals surface area contributed by atoms with E-state index in [1.54, 1.807) is 0 Å². The van der Waals surface area contributed by atoms with Crippen molar-refractivity contribution in [2.75, 3.05) is 0 Å². The van der Waals surface area contributed by atoms with Gasteiger partial charge in [-0.3, -0.25) is 9.78 Å². The molecule has 1 atom stereocenters. The summed E-state index contributed by atoms with van der Waals surface area (Å²) in [7, 11) is 1.91. The van der Waals surface area contributed by atoms with E-state index in [1.165, 1.54) is 0 Å². The van der Waals surface area contributed by atoms with Crippen molar-refractivity contribution in [1.82, 2.24) is 30.0 Å². The smallest absolute Gasteiger partial charge is 0.335 e. The van der Waals surface area contributed by atoms with Gasteiger partial charge < -0.3 is 9.88 Å². The van der Waals surface area contributed by atoms with Gasteiger partial charge in [0.2, 0.25) is 5.82 Å². The fourth-order valence-electron chi connectivity index (χ4n) is 2.94. The summed E-state index contributed by atoms with van der Waals surface area (Å²) in [5, 5.41) is 8.79. The van der Waals surface area contributed by atoms with E-state index in [4.69, 9.17) is 0 Å². The third-order valence-electron chi connectivity index (χ3n) is 4.20. The van der Waals surface area contributed by atoms with Gasteiger partial charge in [-0.1, -0.05) is 42.5 Å². The topological polar surface area (TPSA) is 108 Å². The molecule has 1 amide bonds. The maximum absolute atomic E-state index is 12.5. The first kappa shape index (κ1) is 15.8. The number of hydrogen-bond donors (Lipinski definition) is 3. The van der Waals surface area contributed by atoms with Crippen molar-refractivity contribution in [3.05, 3.63) is 82.3 Å². The Bertz CT molecular complexity index is 1130. The van der Waals surface area contributed by atoms with E-state index in [0.29, 0.717) is 5.82 Å². The van der Waals surface area contributed by atoms with Crippen molar-refractivity contribution in [2.24, 2.45) is 7.05 Å². The maximum Gasteiger partial charge on any atom is 0.341 e. The van der Waals surface area contributed by atoms with Crippen LogP contribution in [0.2, 0.25) is 0 Å². The number of fused-ring (bicyclic) bond motifs is 1. The first-order valence-corrected chi connectivity index (χ1v) is 8.05. The molecule has 1 unspecified atom stereocenters. The molecule has 0 aliphatic carbocycles. The normalized spacial score (nSPS) is 12.2. The molecule has 0 radical (unpaired) electrons. The molecule has 0 aliphatic heterocycles. The summed E-state index contributed by atoms with van der Waals surface area (Å²) in [6, 6.07) is 16.8. The summed E-state index contributed by atoms with van der Waals surface area (Å²) < 4.78 is 1.95. The number of hydrogen-bond acceptors (Lipinski definition) is 4. The second-order valence-corrected chi connectivity index (χ2v) is 5.86. The molecule has 0 aliphatic rings. The van der Waals surface area contributed by atoms with Crippen molar-refractivity contribution in [3.63, 3.8) is 0 Å². The van der Waals surface area contributed by atoms with Gasteiger partial charge in [0.25, 0.3) is 5.91 Å². The fourth-order valence-corrected chi connectivity index (χ4v) is 2.94. The standard InChI is InChI=1S/C18H16N6O2/c1-24-13-10-6-5-9-12(13)19-16(24)14(11-7-3-2-4-8-11)20-17(25)15-21-18(26)23-22-15/h2-10,14H,1H3,(H,20,25)(H2,21,22,23,26). The van der Waals surface area contributed by atoms with Crippen molar-refractivity contribution < 1.29 is 4.79 Å². The van der Waals surface area contributed by atoms with Crippen LogP contribution in [0.25, 0.3) is 11.0 Å². The highest BCUT2D eigenvalue weighted by atomic mass is 16.2. The predicted octanol–water partition coefficient (Wildman–Crippen LogP) is 1.50. The van der Waals surface area contributed by atoms with Crippen molar-refractivity contribution in [3.8, 4) is 0 Å². The number of carbonyl (C=O) groups excluding carboxylic acids is 1. The number of imidazole rings is 1. The summed E-state index contributed by atoms with van der Waals surface area (Å²) in [4.78, 5) is 30.8. The number of para-hydroxylation sites is 2. The van der Waals surface area contributed by atoms with Gasteiger partial charge in [0.05, 0.1) is 11.0 Å². The van der Waals surface area contributed by atoms with Gasteiger partial charge in [-0.05, 0) is 17.7 Å². The number of aryl methyl sites for hydroxylation is 1. The predicted molar refractivity (Wildman–Crippen MR) is 95.7 cm³/mol. The molecule has 2 heterocycles. The zero-order valence-electron chi connectivity index (χ0n) is 13.9. The number of carbonyl (C=O) groups is 1. The van der Waals surface area contributed by atoms with Crippen molar-refractivity contribution in [1.29, 1.82) is 0 Å². The van der Waals surface area contributed by atoms with E-state index in [-0.39, 0.29) is 5.82 Å². The molecule has 8 nitrogen and oxygen atoms in total. The third kappa shape index (κ3) is 2.77. The van der Waals surface area contributed by atoms with E-state index in [1.807, 2.05) is 66.2 Å². The number of aromatic nitrogens is 5. The molecule has 2 aromatic heterocycles. The van der Waals surface area contributed by atoms with Gasteiger partial charge in [-0.15, -0.1) is 5.10 Å². The molecule has 0 saturated carbocycles. The Labute approximate surface area is 147 Å². The molecule has 3 N–H and O–H groups in total. The average Bonchev–Trinajstić information content (AvgIpc) is 3.24. The number of amides is 1. The molecule has 0 saturated heterocycles. The molecule has 0 bridgehead atoms. The lowest BCUT2D eigenvalue weighted by molar-refractivity contribution is 0.0931. The Kier molecular flexibility index (Phi) is 3.85. The highest BCUT2D eigenvalue weighted by Gasteiger charge is 2.24. The molecule has 8 heteroatoms. The van der Waals surface area contributed by atoms with Gasteiger partial charge in [0, 0.05) is 7.05 Å². The van der Waals surface area contributed by atoms with Gasteiger partial charge in [-0.2, -0.15) is 0 Å². The lowest BCUT2D eigenvalue weighted by atomic mass is 10.1. The second-order valence-electron chi connectivity index (χ2n) is 5.86. The lowest BCUT2D eigenvalue weighted by Crippen LogP contribution is -2.32. The van der Waals surface area contributed by atoms with E-state index >= 15 is 0 Å². The van der Waals surface area contributed by atoms with E-state index in [0.717, 1.165) is 16.6 Å². The maximum atomic E-state index is 12.5. The summed E-state index contributed by atoms with van der Waals surface area (Å²) in [6.07, 6.45) is 0. The molecule has 0 fully saturated rings. The van der Waals surface area contributed by atoms with E-state index < -0.39 is 17.6 Å². The van der Waals surface area contributed by atoms with Crippen molar-refractivity contribution >= 4 is 16.9 Å². The molecular weight excluding hydrogens is 332 g/mol. The minimum atomic E-state index is -0.533. The molecule has 4 rings (SSSR count). The number of nitrogens with zero attached hydrogens (tertiary/aromatic N) is 3. The number of benzene rings is 2. The zero-order chi connectivity index (χ0) is 18.1. The first-order chi connectivity index (χ1) is 12.6. The van der Waals surface area contributed by atoms with Crippen LogP contribution >= 0.6 is 0 Å². The molecule has 4 aromatic rings. The van der Waals surface area contributed by atoms with Gasteiger partial charge in [0.15, 0.2) is 0 Å². The van der Waals surface area contributed by atoms with Crippen LogP contribution in [0.5, 0.6) is 0 Å². The largest absolute Gasteiger partial charge is 0.341 e. The minimum Gasteiger partial charge on any atom is -0.335 e. The number of nitrogens with one attached hydrogen (secondary N) is 3. The molecule has 26 heavy (non-hydrogen) atoms. The van der Waals surface area contributed by atoms with Gasteiger partial charge in [0.1, 0.15) is 11.9 Å². The van der Waals surface area contributed by atoms with E-state index in [2.05, 4.69) is 25.5 Å². The minimum absolute atomic E-state index is 0.0744. The second kappa shape index (κ2) is 6.32. The monoisotopic (exact) mass is 348 g/mol. The highest BCUT2D eigenvalue weighted by Crippen LogP contribution is 2.25.